The molecule has 0 bridgehead atoms. The third-order valence-corrected chi connectivity index (χ3v) is 6.10. The first kappa shape index (κ1) is 20.1. The second-order valence-corrected chi connectivity index (χ2v) is 8.28. The number of ether oxygens (including phenoxy) is 1. The second kappa shape index (κ2) is 8.41. The van der Waals surface area contributed by atoms with E-state index in [1.54, 1.807) is 23.2 Å². The van der Waals surface area contributed by atoms with Gasteiger partial charge in [-0.25, -0.2) is 4.98 Å². The molecule has 6 rings (SSSR count). The minimum atomic E-state index is 0.00965. The Kier molecular flexibility index (Phi) is 4.96. The summed E-state index contributed by atoms with van der Waals surface area (Å²) < 4.78 is 8.37. The van der Waals surface area contributed by atoms with Crippen LogP contribution in [0.15, 0.2) is 116 Å². The van der Waals surface area contributed by atoms with Crippen LogP contribution in [0.5, 0.6) is 11.6 Å². The largest absolute Gasteiger partial charge is 0.403 e. The Balaban J connectivity index is 1.49. The van der Waals surface area contributed by atoms with E-state index in [2.05, 4.69) is 53.5 Å². The Morgan fingerprint density at radius 2 is 1.41 bits per heavy atom. The van der Waals surface area contributed by atoms with Gasteiger partial charge in [-0.05, 0) is 39.7 Å². The SMILES string of the molecule is O=C(C[n+]1ccncc1Oc1c2ccccc2cc2cc3ccccc3cc12)c1ccccc1. The number of carbonyl (C=O) groups excluding carboxylic acids is 1. The number of nitrogens with zero attached hydrogens (tertiary/aromatic N) is 2. The Bertz CT molecular complexity index is 1670. The van der Waals surface area contributed by atoms with Crippen molar-refractivity contribution in [1.82, 2.24) is 4.98 Å². The molecule has 162 valence electrons. The van der Waals surface area contributed by atoms with Crippen molar-refractivity contribution in [2.45, 2.75) is 6.54 Å². The zero-order chi connectivity index (χ0) is 22.9. The number of fused-ring (bicyclic) bond motifs is 3. The molecular weight excluding hydrogens is 420 g/mol. The lowest BCUT2D eigenvalue weighted by Crippen LogP contribution is -2.39. The number of aromatic nitrogens is 2. The number of Topliss-reactive ketones (excluding diaryl/α,β-unsaturated/α-hetero) is 1. The van der Waals surface area contributed by atoms with Crippen LogP contribution in [-0.2, 0) is 6.54 Å². The van der Waals surface area contributed by atoms with E-state index in [1.165, 1.54) is 5.39 Å². The number of benzene rings is 5. The van der Waals surface area contributed by atoms with Crippen LogP contribution in [0, 0.1) is 0 Å². The van der Waals surface area contributed by atoms with Crippen LogP contribution in [0.25, 0.3) is 32.3 Å². The van der Waals surface area contributed by atoms with Gasteiger partial charge in [-0.2, -0.15) is 4.57 Å². The Hall–Kier alpha value is -4.57. The summed E-state index contributed by atoms with van der Waals surface area (Å²) in [6, 6.07) is 32.4. The lowest BCUT2D eigenvalue weighted by atomic mass is 9.98. The van der Waals surface area contributed by atoms with Gasteiger partial charge in [0.2, 0.25) is 12.3 Å². The van der Waals surface area contributed by atoms with E-state index in [-0.39, 0.29) is 12.3 Å². The van der Waals surface area contributed by atoms with Crippen LogP contribution in [0.3, 0.4) is 0 Å². The van der Waals surface area contributed by atoms with Crippen molar-refractivity contribution in [3.8, 4) is 11.6 Å². The fourth-order valence-corrected chi connectivity index (χ4v) is 4.39. The molecule has 4 heteroatoms. The molecule has 0 spiro atoms. The quantitative estimate of drug-likeness (QED) is 0.174. The average Bonchev–Trinajstić information content (AvgIpc) is 2.89. The van der Waals surface area contributed by atoms with Gasteiger partial charge in [-0.1, -0.05) is 78.9 Å². The molecule has 0 amide bonds. The zero-order valence-electron chi connectivity index (χ0n) is 18.4. The van der Waals surface area contributed by atoms with E-state index in [0.717, 1.165) is 32.7 Å². The molecule has 5 aromatic carbocycles. The molecule has 0 saturated heterocycles. The highest BCUT2D eigenvalue weighted by atomic mass is 16.5. The molecule has 0 aliphatic rings. The smallest absolute Gasteiger partial charge is 0.392 e. The zero-order valence-corrected chi connectivity index (χ0v) is 18.4. The predicted molar refractivity (Wildman–Crippen MR) is 134 cm³/mol. The summed E-state index contributed by atoms with van der Waals surface area (Å²) in [7, 11) is 0. The van der Waals surface area contributed by atoms with Gasteiger partial charge in [-0.3, -0.25) is 4.79 Å². The molecule has 1 aromatic heterocycles. The van der Waals surface area contributed by atoms with Gasteiger partial charge < -0.3 is 4.74 Å². The maximum atomic E-state index is 12.9. The first-order chi connectivity index (χ1) is 16.8. The van der Waals surface area contributed by atoms with Crippen LogP contribution in [0.2, 0.25) is 0 Å². The van der Waals surface area contributed by atoms with Crippen molar-refractivity contribution in [2.24, 2.45) is 0 Å². The van der Waals surface area contributed by atoms with Gasteiger partial charge in [0.15, 0.2) is 6.20 Å². The van der Waals surface area contributed by atoms with Crippen LogP contribution in [-0.4, -0.2) is 10.8 Å². The van der Waals surface area contributed by atoms with Crippen LogP contribution < -0.4 is 9.30 Å². The summed E-state index contributed by atoms with van der Waals surface area (Å²) in [6.07, 6.45) is 5.10. The summed E-state index contributed by atoms with van der Waals surface area (Å²) in [5.74, 6) is 1.28. The van der Waals surface area contributed by atoms with Gasteiger partial charge >= 0.3 is 5.88 Å². The van der Waals surface area contributed by atoms with E-state index >= 15 is 0 Å². The van der Waals surface area contributed by atoms with E-state index in [9.17, 15) is 4.79 Å². The standard InChI is InChI=1S/C30H21N2O2/c33-28(21-8-2-1-3-9-21)20-32-15-14-31-19-29(32)34-30-26-13-7-6-12-24(26)17-25-16-22-10-4-5-11-23(22)18-27(25)30/h1-19H,20H2/q+1. The van der Waals surface area contributed by atoms with Crippen LogP contribution in [0.1, 0.15) is 10.4 Å². The molecule has 0 radical (unpaired) electrons. The summed E-state index contributed by atoms with van der Waals surface area (Å²) >= 11 is 0. The van der Waals surface area contributed by atoms with Crippen LogP contribution in [0.4, 0.5) is 0 Å². The summed E-state index contributed by atoms with van der Waals surface area (Å²) in [4.78, 5) is 17.2. The van der Waals surface area contributed by atoms with Crippen molar-refractivity contribution < 1.29 is 14.1 Å². The van der Waals surface area contributed by atoms with Crippen LogP contribution >= 0.6 is 0 Å². The van der Waals surface area contributed by atoms with E-state index in [0.29, 0.717) is 11.4 Å². The summed E-state index contributed by atoms with van der Waals surface area (Å²) in [6.45, 7) is 0.160. The minimum Gasteiger partial charge on any atom is -0.403 e. The molecular formula is C30H21N2O2+. The van der Waals surface area contributed by atoms with E-state index in [4.69, 9.17) is 4.74 Å². The molecule has 34 heavy (non-hydrogen) atoms. The molecule has 0 aliphatic carbocycles. The van der Waals surface area contributed by atoms with Gasteiger partial charge in [0.05, 0.1) is 6.20 Å². The maximum Gasteiger partial charge on any atom is 0.392 e. The molecule has 1 heterocycles. The topological polar surface area (TPSA) is 43.1 Å². The summed E-state index contributed by atoms with van der Waals surface area (Å²) in [5, 5.41) is 6.55. The minimum absolute atomic E-state index is 0.00965. The molecule has 0 saturated carbocycles. The van der Waals surface area contributed by atoms with Crippen molar-refractivity contribution >= 4 is 38.1 Å². The van der Waals surface area contributed by atoms with E-state index in [1.807, 2.05) is 48.5 Å². The number of hydrogen-bond donors (Lipinski definition) is 0. The molecule has 0 atom stereocenters. The number of ketones is 1. The Morgan fingerprint density at radius 1 is 0.735 bits per heavy atom. The van der Waals surface area contributed by atoms with Gasteiger partial charge in [0, 0.05) is 16.3 Å². The van der Waals surface area contributed by atoms with Gasteiger partial charge in [0.1, 0.15) is 11.9 Å². The van der Waals surface area contributed by atoms with E-state index < -0.39 is 0 Å². The highest BCUT2D eigenvalue weighted by Gasteiger charge is 2.20. The highest BCUT2D eigenvalue weighted by Crippen LogP contribution is 2.38. The van der Waals surface area contributed by atoms with Gasteiger partial charge in [-0.15, -0.1) is 0 Å². The fourth-order valence-electron chi connectivity index (χ4n) is 4.39. The number of carbonyl (C=O) groups is 1. The maximum absolute atomic E-state index is 12.9. The normalized spacial score (nSPS) is 11.2. The molecule has 6 aromatic rings. The third kappa shape index (κ3) is 3.65. The monoisotopic (exact) mass is 441 g/mol. The van der Waals surface area contributed by atoms with Gasteiger partial charge in [0.25, 0.3) is 0 Å². The molecule has 0 aliphatic heterocycles. The van der Waals surface area contributed by atoms with Crippen molar-refractivity contribution in [3.05, 3.63) is 121 Å². The number of hydrogen-bond acceptors (Lipinski definition) is 3. The molecule has 4 nitrogen and oxygen atoms in total. The third-order valence-electron chi connectivity index (χ3n) is 6.10. The second-order valence-electron chi connectivity index (χ2n) is 8.28. The Labute approximate surface area is 196 Å². The Morgan fingerprint density at radius 3 is 2.24 bits per heavy atom. The first-order valence-electron chi connectivity index (χ1n) is 11.2. The highest BCUT2D eigenvalue weighted by molar-refractivity contribution is 6.10. The summed E-state index contributed by atoms with van der Waals surface area (Å²) in [5.41, 5.74) is 0.667. The first-order valence-corrected chi connectivity index (χ1v) is 11.2. The lowest BCUT2D eigenvalue weighted by Gasteiger charge is -2.13. The van der Waals surface area contributed by atoms with Crippen molar-refractivity contribution in [2.75, 3.05) is 0 Å². The fraction of sp³-hybridized carbons (Fsp3) is 0.0333. The number of rotatable bonds is 5. The average molecular weight is 442 g/mol. The molecule has 0 unspecified atom stereocenters. The molecule has 0 N–H and O–H groups in total. The predicted octanol–water partition coefficient (Wildman–Crippen LogP) is 6.50. The molecule has 0 fully saturated rings. The lowest BCUT2D eigenvalue weighted by molar-refractivity contribution is -0.687. The van der Waals surface area contributed by atoms with Crippen molar-refractivity contribution in [1.29, 1.82) is 0 Å². The van der Waals surface area contributed by atoms with Crippen molar-refractivity contribution in [3.63, 3.8) is 0 Å².